The predicted molar refractivity (Wildman–Crippen MR) is 87.9 cm³/mol. The van der Waals surface area contributed by atoms with Crippen LogP contribution in [0.5, 0.6) is 0 Å². The van der Waals surface area contributed by atoms with Gasteiger partial charge in [-0.3, -0.25) is 4.40 Å². The van der Waals surface area contributed by atoms with Crippen LogP contribution in [0.3, 0.4) is 0 Å². The fourth-order valence-corrected chi connectivity index (χ4v) is 2.74. The summed E-state index contributed by atoms with van der Waals surface area (Å²) in [6.07, 6.45) is 3.14. The minimum Gasteiger partial charge on any atom is -0.443 e. The molecule has 3 heterocycles. The molecule has 4 rings (SSSR count). The summed E-state index contributed by atoms with van der Waals surface area (Å²) in [5.41, 5.74) is 2.35. The van der Waals surface area contributed by atoms with Crippen LogP contribution in [-0.4, -0.2) is 19.6 Å². The average Bonchev–Trinajstić information content (AvgIpc) is 3.23. The number of fused-ring (bicyclic) bond motifs is 1. The SMILES string of the molecule is CC(C)c1nnc2ccc(-c3ocnc3-c3ccc(F)c(F)c3)cn12. The molecule has 0 bridgehead atoms. The molecule has 0 aliphatic heterocycles. The zero-order valence-electron chi connectivity index (χ0n) is 13.6. The number of pyridine rings is 1. The van der Waals surface area contributed by atoms with E-state index in [1.54, 1.807) is 0 Å². The number of nitrogens with zero attached hydrogens (tertiary/aromatic N) is 4. The van der Waals surface area contributed by atoms with Gasteiger partial charge in [0.05, 0.1) is 0 Å². The first-order valence-corrected chi connectivity index (χ1v) is 7.78. The van der Waals surface area contributed by atoms with E-state index < -0.39 is 11.6 Å². The lowest BCUT2D eigenvalue weighted by atomic mass is 10.1. The first-order valence-electron chi connectivity index (χ1n) is 7.78. The van der Waals surface area contributed by atoms with Gasteiger partial charge in [0.25, 0.3) is 0 Å². The summed E-state index contributed by atoms with van der Waals surface area (Å²) in [6.45, 7) is 4.06. The Morgan fingerprint density at radius 3 is 2.56 bits per heavy atom. The van der Waals surface area contributed by atoms with Crippen LogP contribution in [0.2, 0.25) is 0 Å². The first kappa shape index (κ1) is 15.4. The molecular weight excluding hydrogens is 326 g/mol. The first-order chi connectivity index (χ1) is 12.0. The number of oxazole rings is 1. The summed E-state index contributed by atoms with van der Waals surface area (Å²) in [6, 6.07) is 7.30. The van der Waals surface area contributed by atoms with Crippen molar-refractivity contribution in [3.05, 3.63) is 60.4 Å². The maximum absolute atomic E-state index is 13.6. The molecule has 0 saturated heterocycles. The fraction of sp³-hybridized carbons (Fsp3) is 0.167. The Balaban J connectivity index is 1.86. The maximum Gasteiger partial charge on any atom is 0.182 e. The zero-order valence-corrected chi connectivity index (χ0v) is 13.6. The Morgan fingerprint density at radius 2 is 1.80 bits per heavy atom. The Kier molecular flexibility index (Phi) is 3.56. The molecule has 5 nitrogen and oxygen atoms in total. The van der Waals surface area contributed by atoms with Gasteiger partial charge < -0.3 is 4.42 Å². The molecule has 0 saturated carbocycles. The van der Waals surface area contributed by atoms with Crippen LogP contribution in [0.25, 0.3) is 28.2 Å². The molecule has 0 N–H and O–H groups in total. The van der Waals surface area contributed by atoms with Crippen molar-refractivity contribution in [2.75, 3.05) is 0 Å². The molecule has 3 aromatic heterocycles. The van der Waals surface area contributed by atoms with Crippen LogP contribution in [0.15, 0.2) is 47.3 Å². The second kappa shape index (κ2) is 5.77. The Hall–Kier alpha value is -3.09. The van der Waals surface area contributed by atoms with Gasteiger partial charge >= 0.3 is 0 Å². The van der Waals surface area contributed by atoms with Crippen molar-refractivity contribution in [3.63, 3.8) is 0 Å². The highest BCUT2D eigenvalue weighted by atomic mass is 19.2. The molecule has 25 heavy (non-hydrogen) atoms. The third-order valence-electron chi connectivity index (χ3n) is 3.97. The van der Waals surface area contributed by atoms with Gasteiger partial charge in [0, 0.05) is 23.2 Å². The molecule has 0 spiro atoms. The van der Waals surface area contributed by atoms with Gasteiger partial charge in [-0.05, 0) is 30.3 Å². The number of aromatic nitrogens is 4. The summed E-state index contributed by atoms with van der Waals surface area (Å²) in [4.78, 5) is 4.16. The summed E-state index contributed by atoms with van der Waals surface area (Å²) in [7, 11) is 0. The Labute approximate surface area is 142 Å². The highest BCUT2D eigenvalue weighted by molar-refractivity contribution is 5.76. The third kappa shape index (κ3) is 2.57. The lowest BCUT2D eigenvalue weighted by molar-refractivity contribution is 0.509. The van der Waals surface area contributed by atoms with Gasteiger partial charge in [0.15, 0.2) is 29.4 Å². The Morgan fingerprint density at radius 1 is 1.00 bits per heavy atom. The van der Waals surface area contributed by atoms with E-state index in [-0.39, 0.29) is 5.92 Å². The number of halogens is 2. The summed E-state index contributed by atoms with van der Waals surface area (Å²) >= 11 is 0. The molecule has 7 heteroatoms. The van der Waals surface area contributed by atoms with E-state index in [1.165, 1.54) is 12.5 Å². The van der Waals surface area contributed by atoms with Gasteiger partial charge in [-0.15, -0.1) is 10.2 Å². The van der Waals surface area contributed by atoms with Crippen LogP contribution in [0.4, 0.5) is 8.78 Å². The predicted octanol–water partition coefficient (Wildman–Crippen LogP) is 4.45. The molecule has 0 fully saturated rings. The van der Waals surface area contributed by atoms with Crippen LogP contribution in [0, 0.1) is 11.6 Å². The van der Waals surface area contributed by atoms with E-state index in [4.69, 9.17) is 4.42 Å². The molecule has 0 unspecified atom stereocenters. The van der Waals surface area contributed by atoms with Crippen molar-refractivity contribution in [1.82, 2.24) is 19.6 Å². The Bertz CT molecular complexity index is 1070. The summed E-state index contributed by atoms with van der Waals surface area (Å²) in [5.74, 6) is -0.336. The van der Waals surface area contributed by atoms with Gasteiger partial charge in [-0.2, -0.15) is 0 Å². The van der Waals surface area contributed by atoms with Crippen molar-refractivity contribution < 1.29 is 13.2 Å². The average molecular weight is 340 g/mol. The number of rotatable bonds is 3. The van der Waals surface area contributed by atoms with Gasteiger partial charge in [0.1, 0.15) is 11.5 Å². The molecule has 4 aromatic rings. The second-order valence-corrected chi connectivity index (χ2v) is 6.02. The molecule has 0 aliphatic carbocycles. The number of benzene rings is 1. The molecular formula is C18H14F2N4O. The van der Waals surface area contributed by atoms with E-state index in [0.29, 0.717) is 17.0 Å². The van der Waals surface area contributed by atoms with E-state index in [0.717, 1.165) is 29.2 Å². The monoisotopic (exact) mass is 340 g/mol. The normalized spacial score (nSPS) is 11.6. The zero-order chi connectivity index (χ0) is 17.6. The van der Waals surface area contributed by atoms with Crippen LogP contribution >= 0.6 is 0 Å². The molecule has 0 radical (unpaired) electrons. The maximum atomic E-state index is 13.6. The van der Waals surface area contributed by atoms with Crippen LogP contribution in [0.1, 0.15) is 25.6 Å². The van der Waals surface area contributed by atoms with Crippen LogP contribution < -0.4 is 0 Å². The van der Waals surface area contributed by atoms with Crippen molar-refractivity contribution in [3.8, 4) is 22.6 Å². The van der Waals surface area contributed by atoms with E-state index in [1.807, 2.05) is 36.6 Å². The minimum absolute atomic E-state index is 0.200. The third-order valence-corrected chi connectivity index (χ3v) is 3.97. The van der Waals surface area contributed by atoms with Gasteiger partial charge in [-0.25, -0.2) is 13.8 Å². The van der Waals surface area contributed by atoms with Crippen molar-refractivity contribution in [2.45, 2.75) is 19.8 Å². The standard InChI is InChI=1S/C18H14F2N4O/c1-10(2)18-23-22-15-6-4-12(8-24(15)18)17-16(21-9-25-17)11-3-5-13(19)14(20)7-11/h3-10H,1-2H3. The summed E-state index contributed by atoms with van der Waals surface area (Å²) < 4.78 is 34.2. The van der Waals surface area contributed by atoms with Gasteiger partial charge in [0.2, 0.25) is 0 Å². The molecule has 0 amide bonds. The fourth-order valence-electron chi connectivity index (χ4n) is 2.74. The van der Waals surface area contributed by atoms with Crippen molar-refractivity contribution in [2.24, 2.45) is 0 Å². The highest BCUT2D eigenvalue weighted by Gasteiger charge is 2.17. The molecule has 126 valence electrons. The minimum atomic E-state index is -0.928. The molecule has 0 atom stereocenters. The molecule has 1 aromatic carbocycles. The number of hydrogen-bond acceptors (Lipinski definition) is 4. The second-order valence-electron chi connectivity index (χ2n) is 6.02. The molecule has 0 aliphatic rings. The largest absolute Gasteiger partial charge is 0.443 e. The van der Waals surface area contributed by atoms with Gasteiger partial charge in [-0.1, -0.05) is 13.8 Å². The van der Waals surface area contributed by atoms with Crippen LogP contribution in [-0.2, 0) is 0 Å². The quantitative estimate of drug-likeness (QED) is 0.553. The lowest BCUT2D eigenvalue weighted by Gasteiger charge is -2.06. The van der Waals surface area contributed by atoms with Crippen molar-refractivity contribution >= 4 is 5.65 Å². The highest BCUT2D eigenvalue weighted by Crippen LogP contribution is 2.32. The van der Waals surface area contributed by atoms with E-state index >= 15 is 0 Å². The van der Waals surface area contributed by atoms with E-state index in [2.05, 4.69) is 15.2 Å². The summed E-state index contributed by atoms with van der Waals surface area (Å²) in [5, 5.41) is 8.33. The smallest absolute Gasteiger partial charge is 0.182 e. The number of hydrogen-bond donors (Lipinski definition) is 0. The topological polar surface area (TPSA) is 56.2 Å². The lowest BCUT2D eigenvalue weighted by Crippen LogP contribution is -1.97. The van der Waals surface area contributed by atoms with E-state index in [9.17, 15) is 8.78 Å². The van der Waals surface area contributed by atoms with Crippen molar-refractivity contribution in [1.29, 1.82) is 0 Å².